The molecule has 4 nitrogen and oxygen atoms in total. The summed E-state index contributed by atoms with van der Waals surface area (Å²) in [5.74, 6) is 2.25. The maximum Gasteiger partial charge on any atom is 0.124 e. The Morgan fingerprint density at radius 2 is 2.15 bits per heavy atom. The number of nitrogens with one attached hydrogen (secondary N) is 1. The van der Waals surface area contributed by atoms with E-state index in [0.717, 1.165) is 41.2 Å². The molecule has 5 heteroatoms. The minimum absolute atomic E-state index is 0.359. The van der Waals surface area contributed by atoms with E-state index in [-0.39, 0.29) is 0 Å². The van der Waals surface area contributed by atoms with Gasteiger partial charge in [0, 0.05) is 40.5 Å². The van der Waals surface area contributed by atoms with Gasteiger partial charge >= 0.3 is 0 Å². The second-order valence-electron chi connectivity index (χ2n) is 5.29. The number of aliphatic hydroxyl groups excluding tert-OH is 1. The first-order valence-corrected chi connectivity index (χ1v) is 8.50. The summed E-state index contributed by atoms with van der Waals surface area (Å²) in [6, 6.07) is 6.18. The highest BCUT2D eigenvalue weighted by molar-refractivity contribution is 7.85. The van der Waals surface area contributed by atoms with Crippen molar-refractivity contribution in [1.29, 1.82) is 0 Å². The molecule has 1 unspecified atom stereocenters. The van der Waals surface area contributed by atoms with Crippen LogP contribution in [-0.4, -0.2) is 40.5 Å². The van der Waals surface area contributed by atoms with Gasteiger partial charge in [-0.1, -0.05) is 11.6 Å². The Hall–Kier alpha value is -0.910. The molecule has 1 fully saturated rings. The first kappa shape index (κ1) is 15.5. The van der Waals surface area contributed by atoms with E-state index in [1.165, 1.54) is 0 Å². The van der Waals surface area contributed by atoms with Crippen LogP contribution in [0.5, 0.6) is 5.75 Å². The molecule has 0 spiro atoms. The third-order valence-corrected chi connectivity index (χ3v) is 5.11. The third-order valence-electron chi connectivity index (χ3n) is 3.73. The van der Waals surface area contributed by atoms with E-state index in [4.69, 9.17) is 4.74 Å². The van der Waals surface area contributed by atoms with E-state index < -0.39 is 16.9 Å². The van der Waals surface area contributed by atoms with Gasteiger partial charge in [0.05, 0.1) is 13.2 Å². The molecule has 1 saturated heterocycles. The Balaban J connectivity index is 1.93. The zero-order chi connectivity index (χ0) is 14.5. The van der Waals surface area contributed by atoms with E-state index >= 15 is 0 Å². The Kier molecular flexibility index (Phi) is 5.57. The maximum atomic E-state index is 11.3. The zero-order valence-electron chi connectivity index (χ0n) is 12.1. The number of hydrogen-bond acceptors (Lipinski definition) is 4. The monoisotopic (exact) mass is 297 g/mol. The summed E-state index contributed by atoms with van der Waals surface area (Å²) in [5, 5.41) is 13.7. The van der Waals surface area contributed by atoms with E-state index in [9.17, 15) is 9.32 Å². The van der Waals surface area contributed by atoms with Crippen molar-refractivity contribution in [3.63, 3.8) is 0 Å². The lowest BCUT2D eigenvalue weighted by Gasteiger charge is -2.24. The Morgan fingerprint density at radius 1 is 1.45 bits per heavy atom. The van der Waals surface area contributed by atoms with Crippen LogP contribution < -0.4 is 10.1 Å². The summed E-state index contributed by atoms with van der Waals surface area (Å²) in [7, 11) is 0.974. The zero-order valence-corrected chi connectivity index (χ0v) is 12.9. The predicted octanol–water partition coefficient (Wildman–Crippen LogP) is 1.54. The lowest BCUT2D eigenvalue weighted by molar-refractivity contribution is 0.164. The molecule has 1 heterocycles. The molecule has 1 aromatic carbocycles. The first-order valence-electron chi connectivity index (χ1n) is 7.01. The van der Waals surface area contributed by atoms with Gasteiger partial charge in [-0.2, -0.15) is 0 Å². The van der Waals surface area contributed by atoms with Crippen molar-refractivity contribution in [3.05, 3.63) is 29.3 Å². The van der Waals surface area contributed by atoms with Crippen molar-refractivity contribution in [1.82, 2.24) is 5.32 Å². The fourth-order valence-electron chi connectivity index (χ4n) is 2.50. The average molecular weight is 297 g/mol. The van der Waals surface area contributed by atoms with Gasteiger partial charge in [-0.3, -0.25) is 4.21 Å². The first-order chi connectivity index (χ1) is 9.60. The van der Waals surface area contributed by atoms with Crippen LogP contribution in [0.4, 0.5) is 0 Å². The molecule has 0 aromatic heterocycles. The standard InChI is InChI=1S/C15H23NO3S/c1-11-3-4-15(19-2)13(9-11)14(17)10-16-12-5-7-20(18)8-6-12/h3-4,9,12,14,16-17H,5-8,10H2,1-2H3. The van der Waals surface area contributed by atoms with Crippen LogP contribution >= 0.6 is 0 Å². The van der Waals surface area contributed by atoms with Gasteiger partial charge in [0.2, 0.25) is 0 Å². The molecule has 1 aliphatic heterocycles. The number of hydrogen-bond donors (Lipinski definition) is 2. The molecular weight excluding hydrogens is 274 g/mol. The largest absolute Gasteiger partial charge is 0.496 e. The normalized spacial score (nSPS) is 24.4. The van der Waals surface area contributed by atoms with Crippen LogP contribution in [0, 0.1) is 6.92 Å². The van der Waals surface area contributed by atoms with E-state index in [1.54, 1.807) is 7.11 Å². The molecule has 2 rings (SSSR count). The number of aryl methyl sites for hydroxylation is 1. The molecule has 1 atom stereocenters. The minimum Gasteiger partial charge on any atom is -0.496 e. The summed E-state index contributed by atoms with van der Waals surface area (Å²) in [4.78, 5) is 0. The molecule has 20 heavy (non-hydrogen) atoms. The fraction of sp³-hybridized carbons (Fsp3) is 0.600. The second kappa shape index (κ2) is 7.20. The van der Waals surface area contributed by atoms with Gasteiger partial charge < -0.3 is 15.2 Å². The van der Waals surface area contributed by atoms with E-state index in [1.807, 2.05) is 25.1 Å². The van der Waals surface area contributed by atoms with Crippen molar-refractivity contribution in [2.45, 2.75) is 31.9 Å². The highest BCUT2D eigenvalue weighted by atomic mass is 32.2. The predicted molar refractivity (Wildman–Crippen MR) is 81.6 cm³/mol. The van der Waals surface area contributed by atoms with Gasteiger partial charge in [0.1, 0.15) is 5.75 Å². The summed E-state index contributed by atoms with van der Waals surface area (Å²) < 4.78 is 16.6. The van der Waals surface area contributed by atoms with Gasteiger partial charge in [-0.15, -0.1) is 0 Å². The second-order valence-corrected chi connectivity index (χ2v) is 6.99. The Labute approximate surface area is 123 Å². The lowest BCUT2D eigenvalue weighted by Crippen LogP contribution is -2.38. The van der Waals surface area contributed by atoms with Crippen LogP contribution in [0.1, 0.15) is 30.1 Å². The SMILES string of the molecule is COc1ccc(C)cc1C(O)CNC1CCS(=O)CC1. The van der Waals surface area contributed by atoms with Gasteiger partial charge in [0.15, 0.2) is 0 Å². The average Bonchev–Trinajstić information content (AvgIpc) is 2.46. The van der Waals surface area contributed by atoms with Gasteiger partial charge in [-0.05, 0) is 31.9 Å². The van der Waals surface area contributed by atoms with Crippen molar-refractivity contribution < 1.29 is 14.1 Å². The topological polar surface area (TPSA) is 58.6 Å². The maximum absolute atomic E-state index is 11.3. The van der Waals surface area contributed by atoms with Crippen LogP contribution in [-0.2, 0) is 10.8 Å². The van der Waals surface area contributed by atoms with Crippen LogP contribution in [0.2, 0.25) is 0 Å². The van der Waals surface area contributed by atoms with Gasteiger partial charge in [-0.25, -0.2) is 0 Å². The van der Waals surface area contributed by atoms with Gasteiger partial charge in [0.25, 0.3) is 0 Å². The number of rotatable bonds is 5. The lowest BCUT2D eigenvalue weighted by atomic mass is 10.0. The number of ether oxygens (including phenoxy) is 1. The van der Waals surface area contributed by atoms with Crippen LogP contribution in [0.3, 0.4) is 0 Å². The molecule has 1 aliphatic rings. The highest BCUT2D eigenvalue weighted by Gasteiger charge is 2.19. The number of benzene rings is 1. The quantitative estimate of drug-likeness (QED) is 0.865. The molecular formula is C15H23NO3S. The molecule has 2 N–H and O–H groups in total. The van der Waals surface area contributed by atoms with Crippen molar-refractivity contribution in [3.8, 4) is 5.75 Å². The molecule has 0 radical (unpaired) electrons. The summed E-state index contributed by atoms with van der Waals surface area (Å²) in [6.45, 7) is 2.50. The molecule has 0 saturated carbocycles. The van der Waals surface area contributed by atoms with E-state index in [2.05, 4.69) is 5.32 Å². The fourth-order valence-corrected chi connectivity index (χ4v) is 3.80. The molecule has 0 amide bonds. The van der Waals surface area contributed by atoms with E-state index in [0.29, 0.717) is 12.6 Å². The Morgan fingerprint density at radius 3 is 2.80 bits per heavy atom. The molecule has 0 bridgehead atoms. The third kappa shape index (κ3) is 4.04. The summed E-state index contributed by atoms with van der Waals surface area (Å²) >= 11 is 0. The molecule has 112 valence electrons. The van der Waals surface area contributed by atoms with Crippen molar-refractivity contribution >= 4 is 10.8 Å². The van der Waals surface area contributed by atoms with Crippen LogP contribution in [0.25, 0.3) is 0 Å². The molecule has 0 aliphatic carbocycles. The van der Waals surface area contributed by atoms with Crippen molar-refractivity contribution in [2.75, 3.05) is 25.2 Å². The summed E-state index contributed by atoms with van der Waals surface area (Å²) in [5.41, 5.74) is 1.92. The summed E-state index contributed by atoms with van der Waals surface area (Å²) in [6.07, 6.45) is 1.26. The van der Waals surface area contributed by atoms with Crippen LogP contribution in [0.15, 0.2) is 18.2 Å². The number of methoxy groups -OCH3 is 1. The molecule has 1 aromatic rings. The smallest absolute Gasteiger partial charge is 0.124 e. The van der Waals surface area contributed by atoms with Crippen molar-refractivity contribution in [2.24, 2.45) is 0 Å². The highest BCUT2D eigenvalue weighted by Crippen LogP contribution is 2.26. The minimum atomic E-state index is -0.642. The number of aliphatic hydroxyl groups is 1. The Bertz CT molecular complexity index is 468.